The number of hydrogen-bond acceptors (Lipinski definition) is 3. The average Bonchev–Trinajstić information content (AvgIpc) is 2.60. The van der Waals surface area contributed by atoms with E-state index in [9.17, 15) is 24.6 Å². The highest BCUT2D eigenvalue weighted by Gasteiger charge is 2.46. The van der Waals surface area contributed by atoms with Gasteiger partial charge in [0, 0.05) is 13.3 Å². The van der Waals surface area contributed by atoms with Crippen LogP contribution in [0.3, 0.4) is 0 Å². The lowest BCUT2D eigenvalue weighted by Crippen LogP contribution is -2.59. The number of allylic oxidation sites excluding steroid dienone is 1. The van der Waals surface area contributed by atoms with Gasteiger partial charge in [-0.2, -0.15) is 0 Å². The first-order valence-electron chi connectivity index (χ1n) is 10.3. The van der Waals surface area contributed by atoms with Crippen molar-refractivity contribution in [2.24, 2.45) is 0 Å². The SMILES string of the molecule is CCCCCCCCCCCCC/C=C/CC(NC(C)=O)(C(=O)O)C(=O)O. The van der Waals surface area contributed by atoms with E-state index >= 15 is 0 Å². The smallest absolute Gasteiger partial charge is 0.341 e. The van der Waals surface area contributed by atoms with Crippen molar-refractivity contribution >= 4 is 17.8 Å². The van der Waals surface area contributed by atoms with Crippen molar-refractivity contribution in [3.8, 4) is 0 Å². The molecule has 6 heteroatoms. The number of hydrogen-bond donors (Lipinski definition) is 3. The normalized spacial score (nSPS) is 11.6. The molecule has 0 aromatic rings. The number of unbranched alkanes of at least 4 members (excludes halogenated alkanes) is 11. The first-order valence-corrected chi connectivity index (χ1v) is 10.3. The molecule has 0 unspecified atom stereocenters. The van der Waals surface area contributed by atoms with Crippen LogP contribution in [-0.2, 0) is 14.4 Å². The fourth-order valence-corrected chi connectivity index (χ4v) is 3.03. The van der Waals surface area contributed by atoms with E-state index in [0.29, 0.717) is 0 Å². The van der Waals surface area contributed by atoms with Crippen LogP contribution in [0.5, 0.6) is 0 Å². The Labute approximate surface area is 163 Å². The fourth-order valence-electron chi connectivity index (χ4n) is 3.03. The molecular formula is C21H37NO5. The number of carboxylic acids is 2. The lowest BCUT2D eigenvalue weighted by atomic mass is 9.94. The summed E-state index contributed by atoms with van der Waals surface area (Å²) in [6.07, 6.45) is 17.7. The monoisotopic (exact) mass is 383 g/mol. The van der Waals surface area contributed by atoms with Crippen LogP contribution in [0, 0.1) is 0 Å². The molecule has 0 aliphatic heterocycles. The summed E-state index contributed by atoms with van der Waals surface area (Å²) in [6, 6.07) is 0. The lowest BCUT2D eigenvalue weighted by Gasteiger charge is -2.24. The van der Waals surface area contributed by atoms with Crippen LogP contribution in [0.15, 0.2) is 12.2 Å². The fraction of sp³-hybridized carbons (Fsp3) is 0.762. The maximum Gasteiger partial charge on any atom is 0.341 e. The minimum Gasteiger partial charge on any atom is -0.479 e. The van der Waals surface area contributed by atoms with Crippen LogP contribution in [0.25, 0.3) is 0 Å². The largest absolute Gasteiger partial charge is 0.479 e. The third-order valence-electron chi connectivity index (χ3n) is 4.68. The molecule has 0 aromatic heterocycles. The quantitative estimate of drug-likeness (QED) is 0.192. The van der Waals surface area contributed by atoms with Gasteiger partial charge < -0.3 is 15.5 Å². The van der Waals surface area contributed by atoms with Crippen LogP contribution in [-0.4, -0.2) is 33.6 Å². The Hall–Kier alpha value is -1.85. The number of carbonyl (C=O) groups is 3. The second-order valence-electron chi connectivity index (χ2n) is 7.20. The van der Waals surface area contributed by atoms with Crippen molar-refractivity contribution in [3.63, 3.8) is 0 Å². The molecule has 0 saturated carbocycles. The molecule has 0 radical (unpaired) electrons. The van der Waals surface area contributed by atoms with Crippen molar-refractivity contribution < 1.29 is 24.6 Å². The van der Waals surface area contributed by atoms with Gasteiger partial charge in [-0.05, 0) is 12.8 Å². The van der Waals surface area contributed by atoms with E-state index in [-0.39, 0.29) is 6.42 Å². The summed E-state index contributed by atoms with van der Waals surface area (Å²) >= 11 is 0. The molecule has 156 valence electrons. The topological polar surface area (TPSA) is 104 Å². The van der Waals surface area contributed by atoms with E-state index in [2.05, 4.69) is 6.92 Å². The predicted octanol–water partition coefficient (Wildman–Crippen LogP) is 4.68. The van der Waals surface area contributed by atoms with Crippen LogP contribution in [0.2, 0.25) is 0 Å². The third-order valence-corrected chi connectivity index (χ3v) is 4.68. The van der Waals surface area contributed by atoms with E-state index < -0.39 is 23.4 Å². The van der Waals surface area contributed by atoms with Gasteiger partial charge in [0.1, 0.15) is 0 Å². The molecule has 0 atom stereocenters. The number of carboxylic acid groups (broad SMARTS) is 2. The molecule has 27 heavy (non-hydrogen) atoms. The molecule has 3 N–H and O–H groups in total. The van der Waals surface area contributed by atoms with Gasteiger partial charge in [-0.25, -0.2) is 9.59 Å². The van der Waals surface area contributed by atoms with Crippen molar-refractivity contribution in [2.75, 3.05) is 0 Å². The van der Waals surface area contributed by atoms with Gasteiger partial charge in [0.05, 0.1) is 0 Å². The molecule has 1 amide bonds. The first-order chi connectivity index (χ1) is 12.9. The lowest BCUT2D eigenvalue weighted by molar-refractivity contribution is -0.160. The molecule has 6 nitrogen and oxygen atoms in total. The van der Waals surface area contributed by atoms with Crippen molar-refractivity contribution in [3.05, 3.63) is 12.2 Å². The summed E-state index contributed by atoms with van der Waals surface area (Å²) in [4.78, 5) is 33.8. The number of carbonyl (C=O) groups excluding carboxylic acids is 1. The van der Waals surface area contributed by atoms with Gasteiger partial charge in [-0.3, -0.25) is 4.79 Å². The minimum atomic E-state index is -2.29. The molecule has 0 saturated heterocycles. The predicted molar refractivity (Wildman–Crippen MR) is 107 cm³/mol. The molecule has 0 aromatic carbocycles. The Kier molecular flexibility index (Phi) is 14.2. The van der Waals surface area contributed by atoms with Gasteiger partial charge in [0.25, 0.3) is 0 Å². The van der Waals surface area contributed by atoms with E-state index in [1.807, 2.05) is 5.32 Å². The molecule has 0 bridgehead atoms. The highest BCUT2D eigenvalue weighted by atomic mass is 16.4. The van der Waals surface area contributed by atoms with Gasteiger partial charge >= 0.3 is 11.9 Å². The van der Waals surface area contributed by atoms with E-state index in [1.165, 1.54) is 63.9 Å². The zero-order chi connectivity index (χ0) is 20.5. The Morgan fingerprint density at radius 3 is 1.63 bits per heavy atom. The van der Waals surface area contributed by atoms with Gasteiger partial charge in [0.15, 0.2) is 0 Å². The van der Waals surface area contributed by atoms with E-state index in [0.717, 1.165) is 26.2 Å². The molecule has 0 spiro atoms. The zero-order valence-corrected chi connectivity index (χ0v) is 17.0. The Bertz CT molecular complexity index is 459. The number of aliphatic carboxylic acids is 2. The second-order valence-corrected chi connectivity index (χ2v) is 7.20. The first kappa shape index (κ1) is 25.1. The van der Waals surface area contributed by atoms with Crippen LogP contribution < -0.4 is 5.32 Å². The Morgan fingerprint density at radius 1 is 0.778 bits per heavy atom. The summed E-state index contributed by atoms with van der Waals surface area (Å²) in [5, 5.41) is 20.5. The summed E-state index contributed by atoms with van der Waals surface area (Å²) in [5.74, 6) is -3.81. The standard InChI is InChI=1S/C21H37NO5/c1-3-4-5-6-7-8-9-10-11-12-13-14-15-16-17-21(19(24)25,20(26)27)22-18(2)23/h15-16H,3-14,17H2,1-2H3,(H,22,23)(H,24,25)(H,26,27)/b16-15+. The van der Waals surface area contributed by atoms with Gasteiger partial charge in [-0.1, -0.05) is 83.3 Å². The van der Waals surface area contributed by atoms with Gasteiger partial charge in [-0.15, -0.1) is 0 Å². The summed E-state index contributed by atoms with van der Waals surface area (Å²) in [7, 11) is 0. The third kappa shape index (κ3) is 11.5. The molecule has 0 aliphatic carbocycles. The highest BCUT2D eigenvalue weighted by Crippen LogP contribution is 2.15. The average molecular weight is 384 g/mol. The van der Waals surface area contributed by atoms with Crippen LogP contribution in [0.4, 0.5) is 0 Å². The molecule has 0 fully saturated rings. The Morgan fingerprint density at radius 2 is 1.22 bits per heavy atom. The number of amides is 1. The van der Waals surface area contributed by atoms with E-state index in [4.69, 9.17) is 0 Å². The maximum absolute atomic E-state index is 11.3. The van der Waals surface area contributed by atoms with Crippen LogP contribution >= 0.6 is 0 Å². The van der Waals surface area contributed by atoms with Crippen molar-refractivity contribution in [2.45, 2.75) is 103 Å². The summed E-state index contributed by atoms with van der Waals surface area (Å²) in [5.41, 5.74) is -2.29. The number of rotatable bonds is 17. The summed E-state index contributed by atoms with van der Waals surface area (Å²) < 4.78 is 0. The molecular weight excluding hydrogens is 346 g/mol. The summed E-state index contributed by atoms with van der Waals surface area (Å²) in [6.45, 7) is 3.34. The second kappa shape index (κ2) is 15.2. The Balaban J connectivity index is 3.90. The zero-order valence-electron chi connectivity index (χ0n) is 17.0. The van der Waals surface area contributed by atoms with Crippen molar-refractivity contribution in [1.82, 2.24) is 5.32 Å². The van der Waals surface area contributed by atoms with E-state index in [1.54, 1.807) is 6.08 Å². The molecule has 0 heterocycles. The highest BCUT2D eigenvalue weighted by molar-refractivity contribution is 6.06. The van der Waals surface area contributed by atoms with Crippen LogP contribution in [0.1, 0.15) is 97.3 Å². The maximum atomic E-state index is 11.3. The molecule has 0 rings (SSSR count). The number of nitrogens with one attached hydrogen (secondary N) is 1. The molecule has 0 aliphatic rings. The van der Waals surface area contributed by atoms with Gasteiger partial charge in [0.2, 0.25) is 11.4 Å². The van der Waals surface area contributed by atoms with Crippen molar-refractivity contribution in [1.29, 1.82) is 0 Å². The minimum absolute atomic E-state index is 0.269.